The molecule has 2 unspecified atom stereocenters. The van der Waals surface area contributed by atoms with Gasteiger partial charge < -0.3 is 50.9 Å². The first-order valence-corrected chi connectivity index (χ1v) is 15.3. The van der Waals surface area contributed by atoms with E-state index in [1.165, 1.54) is 42.5 Å². The summed E-state index contributed by atoms with van der Waals surface area (Å²) in [6.45, 7) is 0.0412. The van der Waals surface area contributed by atoms with Crippen LogP contribution in [0, 0.1) is 0 Å². The molecule has 4 aromatic rings. The van der Waals surface area contributed by atoms with Crippen molar-refractivity contribution in [3.8, 4) is 51.4 Å². The summed E-state index contributed by atoms with van der Waals surface area (Å²) < 4.78 is 5.33. The van der Waals surface area contributed by atoms with Crippen LogP contribution in [0.4, 0.5) is 0 Å². The number of hydrogen-bond acceptors (Lipinski definition) is 11. The molecule has 0 spiro atoms. The Balaban J connectivity index is 1.48. The number of carbonyl (C=O) groups is 2. The first-order chi connectivity index (χ1) is 23.4. The van der Waals surface area contributed by atoms with Gasteiger partial charge in [0.25, 0.3) is 0 Å². The first kappa shape index (κ1) is 34.2. The smallest absolute Gasteiger partial charge is 0.345 e. The second-order valence-electron chi connectivity index (χ2n) is 11.6. The van der Waals surface area contributed by atoms with Gasteiger partial charge in [-0.3, -0.25) is 0 Å². The average molecular weight is 670 g/mol. The highest BCUT2D eigenvalue weighted by molar-refractivity contribution is 5.92. The largest absolute Gasteiger partial charge is 0.508 e. The number of rotatable bonds is 10. The van der Waals surface area contributed by atoms with Gasteiger partial charge in [0.05, 0.1) is 0 Å². The molecule has 1 aliphatic rings. The number of likely N-dealkylation sites (N-methyl/N-ethyl adjacent to an activating group) is 1. The minimum Gasteiger partial charge on any atom is -0.508 e. The quantitative estimate of drug-likeness (QED) is 0.0474. The molecule has 4 aromatic carbocycles. The Bertz CT molecular complexity index is 1980. The lowest BCUT2D eigenvalue weighted by Crippen LogP contribution is -2.37. The van der Waals surface area contributed by atoms with E-state index in [9.17, 15) is 50.4 Å². The summed E-state index contributed by atoms with van der Waals surface area (Å²) in [5.74, 6) is -5.75. The molecule has 1 aliphatic carbocycles. The van der Waals surface area contributed by atoms with Gasteiger partial charge >= 0.3 is 11.9 Å². The summed E-state index contributed by atoms with van der Waals surface area (Å²) in [4.78, 5) is 25.2. The predicted octanol–water partition coefficient (Wildman–Crippen LogP) is 4.96. The normalized spacial score (nSPS) is 13.8. The molecule has 5 rings (SSSR count). The van der Waals surface area contributed by atoms with Crippen LogP contribution in [0.1, 0.15) is 45.7 Å². The van der Waals surface area contributed by atoms with Crippen LogP contribution in [0.25, 0.3) is 29.4 Å². The second kappa shape index (κ2) is 14.3. The van der Waals surface area contributed by atoms with Crippen molar-refractivity contribution in [3.63, 3.8) is 0 Å². The van der Waals surface area contributed by atoms with Gasteiger partial charge in [-0.15, -0.1) is 0 Å². The maximum atomic E-state index is 13.0. The lowest BCUT2D eigenvalue weighted by atomic mass is 9.90. The molecule has 12 heteroatoms. The first-order valence-electron chi connectivity index (χ1n) is 15.3. The highest BCUT2D eigenvalue weighted by Gasteiger charge is 2.33. The fraction of sp³-hybridized carbons (Fsp3) is 0.189. The van der Waals surface area contributed by atoms with E-state index in [1.54, 1.807) is 31.3 Å². The van der Waals surface area contributed by atoms with Crippen LogP contribution in [0.5, 0.6) is 40.2 Å². The number of carboxylic acids is 1. The zero-order valence-electron chi connectivity index (χ0n) is 26.3. The minimum atomic E-state index is -1.69. The molecule has 0 saturated carbocycles. The van der Waals surface area contributed by atoms with Crippen molar-refractivity contribution in [3.05, 3.63) is 94.1 Å². The number of phenols is 7. The van der Waals surface area contributed by atoms with Gasteiger partial charge in [-0.2, -0.15) is 0 Å². The molecule has 0 amide bonds. The number of carbonyl (C=O) groups excluding carboxylic acids is 1. The van der Waals surface area contributed by atoms with Gasteiger partial charge in [-0.1, -0.05) is 30.4 Å². The molecule has 2 atom stereocenters. The summed E-state index contributed by atoms with van der Waals surface area (Å²) in [5.41, 5.74) is 3.83. The molecule has 0 saturated heterocycles. The van der Waals surface area contributed by atoms with Crippen LogP contribution in [0.3, 0.4) is 0 Å². The van der Waals surface area contributed by atoms with Crippen LogP contribution in [-0.4, -0.2) is 72.5 Å². The Kier molecular flexibility index (Phi) is 10.00. The molecule has 0 radical (unpaired) electrons. The molecule has 49 heavy (non-hydrogen) atoms. The van der Waals surface area contributed by atoms with Crippen molar-refractivity contribution in [2.75, 3.05) is 13.6 Å². The van der Waals surface area contributed by atoms with Crippen molar-refractivity contribution in [2.45, 2.75) is 31.3 Å². The van der Waals surface area contributed by atoms with E-state index in [1.807, 2.05) is 6.07 Å². The number of carboxylic acid groups (broad SMARTS) is 1. The van der Waals surface area contributed by atoms with Gasteiger partial charge in [0.1, 0.15) is 5.75 Å². The van der Waals surface area contributed by atoms with E-state index in [-0.39, 0.29) is 29.4 Å². The number of phenolic OH excluding ortho intramolecular Hbond substituents is 7. The SMILES string of the molecule is CNCC(c1ccc(O)c(O)c1)C(OC(=O)C=Cc1cc(O)c(O)cc1C=Cc1cc(O)c(O)c2c1-c1cccc(O)c1CCC2)C(=O)O. The van der Waals surface area contributed by atoms with Crippen molar-refractivity contribution >= 4 is 30.2 Å². The van der Waals surface area contributed by atoms with Crippen LogP contribution in [0.15, 0.2) is 60.7 Å². The van der Waals surface area contributed by atoms with E-state index in [0.29, 0.717) is 58.2 Å². The third-order valence-electron chi connectivity index (χ3n) is 8.41. The molecule has 0 aliphatic heterocycles. The van der Waals surface area contributed by atoms with E-state index < -0.39 is 47.0 Å². The average Bonchev–Trinajstić information content (AvgIpc) is 3.26. The van der Waals surface area contributed by atoms with E-state index in [2.05, 4.69) is 5.32 Å². The summed E-state index contributed by atoms with van der Waals surface area (Å²) in [6, 6.07) is 12.7. The third-order valence-corrected chi connectivity index (χ3v) is 8.41. The molecule has 0 aromatic heterocycles. The fourth-order valence-corrected chi connectivity index (χ4v) is 6.04. The van der Waals surface area contributed by atoms with E-state index in [0.717, 1.165) is 6.08 Å². The topological polar surface area (TPSA) is 217 Å². The predicted molar refractivity (Wildman–Crippen MR) is 181 cm³/mol. The molecular weight excluding hydrogens is 634 g/mol. The number of nitrogens with one attached hydrogen (secondary N) is 1. The highest BCUT2D eigenvalue weighted by Crippen LogP contribution is 2.46. The lowest BCUT2D eigenvalue weighted by Gasteiger charge is -2.24. The van der Waals surface area contributed by atoms with Gasteiger partial charge in [0.15, 0.2) is 34.5 Å². The number of fused-ring (bicyclic) bond motifs is 3. The Hall–Kier alpha value is -6.14. The molecule has 0 heterocycles. The summed E-state index contributed by atoms with van der Waals surface area (Å²) in [5, 5.41) is 84.8. The fourth-order valence-electron chi connectivity index (χ4n) is 6.04. The van der Waals surface area contributed by atoms with Crippen molar-refractivity contribution < 1.29 is 55.2 Å². The number of aromatic hydroxyl groups is 7. The molecule has 0 fully saturated rings. The number of hydrogen-bond donors (Lipinski definition) is 9. The molecule has 9 N–H and O–H groups in total. The molecule has 254 valence electrons. The Morgan fingerprint density at radius 1 is 0.755 bits per heavy atom. The highest BCUT2D eigenvalue weighted by atomic mass is 16.6. The van der Waals surface area contributed by atoms with Crippen LogP contribution >= 0.6 is 0 Å². The Morgan fingerprint density at radius 2 is 1.39 bits per heavy atom. The molecule has 0 bridgehead atoms. The Labute approximate surface area is 280 Å². The lowest BCUT2D eigenvalue weighted by molar-refractivity contribution is -0.162. The number of ether oxygens (including phenoxy) is 1. The summed E-state index contributed by atoms with van der Waals surface area (Å²) in [7, 11) is 1.57. The zero-order valence-corrected chi connectivity index (χ0v) is 26.3. The van der Waals surface area contributed by atoms with Crippen molar-refractivity contribution in [1.29, 1.82) is 0 Å². The van der Waals surface area contributed by atoms with Crippen LogP contribution < -0.4 is 5.32 Å². The van der Waals surface area contributed by atoms with Gasteiger partial charge in [0, 0.05) is 29.7 Å². The van der Waals surface area contributed by atoms with Gasteiger partial charge in [-0.25, -0.2) is 9.59 Å². The van der Waals surface area contributed by atoms with Crippen LogP contribution in [-0.2, 0) is 27.2 Å². The number of esters is 1. The monoisotopic (exact) mass is 669 g/mol. The van der Waals surface area contributed by atoms with Gasteiger partial charge in [0.2, 0.25) is 6.10 Å². The number of benzene rings is 4. The standard InChI is InChI=1S/C37H35NO11/c1-38-18-26(21-10-12-28(40)29(41)16-21)36(37(47)48)49-33(45)13-11-20-15-31(43)30(42)14-19(20)8-9-22-17-32(44)35(46)25-6-2-4-23-24(34(22)25)5-3-7-27(23)39/h3,5,7-17,26,36,38-44,46H,2,4,6,18H2,1H3,(H,47,48). The second-order valence-corrected chi connectivity index (χ2v) is 11.6. The number of aliphatic carboxylic acids is 1. The molecule has 12 nitrogen and oxygen atoms in total. The Morgan fingerprint density at radius 3 is 2.06 bits per heavy atom. The maximum absolute atomic E-state index is 13.0. The van der Waals surface area contributed by atoms with Gasteiger partial charge in [-0.05, 0) is 102 Å². The van der Waals surface area contributed by atoms with Crippen LogP contribution in [0.2, 0.25) is 0 Å². The van der Waals surface area contributed by atoms with Crippen molar-refractivity contribution in [2.24, 2.45) is 0 Å². The van der Waals surface area contributed by atoms with E-state index >= 15 is 0 Å². The maximum Gasteiger partial charge on any atom is 0.345 e. The van der Waals surface area contributed by atoms with E-state index in [4.69, 9.17) is 4.74 Å². The summed E-state index contributed by atoms with van der Waals surface area (Å²) in [6.07, 6.45) is 5.31. The van der Waals surface area contributed by atoms with Crippen molar-refractivity contribution in [1.82, 2.24) is 5.32 Å². The third kappa shape index (κ3) is 7.24. The minimum absolute atomic E-state index is 0.0412. The molecular formula is C37H35NO11. The zero-order chi connectivity index (χ0) is 35.4. The summed E-state index contributed by atoms with van der Waals surface area (Å²) >= 11 is 0.